The topological polar surface area (TPSA) is 12.0 Å². The predicted octanol–water partition coefficient (Wildman–Crippen LogP) is 3.86. The first-order valence-corrected chi connectivity index (χ1v) is 6.94. The van der Waals surface area contributed by atoms with Crippen LogP contribution in [0.15, 0.2) is 49.0 Å². The van der Waals surface area contributed by atoms with Crippen LogP contribution in [-0.4, -0.2) is 6.54 Å². The molecule has 0 bridgehead atoms. The summed E-state index contributed by atoms with van der Waals surface area (Å²) in [5, 5.41) is 3.97. The first kappa shape index (κ1) is 12.8. The predicted molar refractivity (Wildman–Crippen MR) is 84.6 cm³/mol. The second-order valence-electron chi connectivity index (χ2n) is 4.76. The van der Waals surface area contributed by atoms with Gasteiger partial charge in [-0.3, -0.25) is 0 Å². The van der Waals surface area contributed by atoms with E-state index in [1.807, 2.05) is 30.3 Å². The van der Waals surface area contributed by atoms with Crippen molar-refractivity contribution in [3.05, 3.63) is 76.3 Å². The zero-order valence-electron chi connectivity index (χ0n) is 11.0. The summed E-state index contributed by atoms with van der Waals surface area (Å²) in [7, 11) is 0. The van der Waals surface area contributed by atoms with E-state index in [2.05, 4.69) is 35.9 Å². The molecule has 2 heteroatoms. The van der Waals surface area contributed by atoms with Gasteiger partial charge in [-0.2, -0.15) is 0 Å². The highest BCUT2D eigenvalue weighted by atomic mass is 35.5. The molecule has 0 aromatic heterocycles. The SMILES string of the molecule is C=C1NCCc2cc(C#Cc3ccccc3Cl)ccc21. The lowest BCUT2D eigenvalue weighted by Crippen LogP contribution is -2.21. The molecule has 20 heavy (non-hydrogen) atoms. The van der Waals surface area contributed by atoms with Gasteiger partial charge in [-0.05, 0) is 36.2 Å². The van der Waals surface area contributed by atoms with Crippen LogP contribution in [0.1, 0.15) is 22.3 Å². The minimum absolute atomic E-state index is 0.690. The van der Waals surface area contributed by atoms with Gasteiger partial charge in [-0.25, -0.2) is 0 Å². The highest BCUT2D eigenvalue weighted by molar-refractivity contribution is 6.31. The van der Waals surface area contributed by atoms with E-state index in [0.29, 0.717) is 5.02 Å². The molecule has 1 aliphatic heterocycles. The average molecular weight is 280 g/mol. The maximum absolute atomic E-state index is 6.10. The Kier molecular flexibility index (Phi) is 3.50. The molecule has 98 valence electrons. The molecule has 2 aromatic carbocycles. The molecule has 0 radical (unpaired) electrons. The summed E-state index contributed by atoms with van der Waals surface area (Å²) < 4.78 is 0. The molecule has 0 amide bonds. The summed E-state index contributed by atoms with van der Waals surface area (Å²) >= 11 is 6.10. The molecule has 0 spiro atoms. The standard InChI is InChI=1S/C18H14ClN/c1-13-17-9-7-14(12-16(17)10-11-20-13)6-8-15-4-2-3-5-18(15)19/h2-5,7,9,12,20H,1,10-11H2. The number of rotatable bonds is 0. The Hall–Kier alpha value is -2.17. The molecule has 1 aliphatic rings. The average Bonchev–Trinajstić information content (AvgIpc) is 2.46. The Morgan fingerprint density at radius 1 is 1.10 bits per heavy atom. The maximum atomic E-state index is 6.10. The largest absolute Gasteiger partial charge is 0.385 e. The van der Waals surface area contributed by atoms with E-state index in [0.717, 1.165) is 29.8 Å². The lowest BCUT2D eigenvalue weighted by atomic mass is 9.96. The highest BCUT2D eigenvalue weighted by Gasteiger charge is 2.11. The molecule has 0 fully saturated rings. The van der Waals surface area contributed by atoms with Gasteiger partial charge in [0.05, 0.1) is 5.02 Å². The van der Waals surface area contributed by atoms with Crippen LogP contribution in [0.25, 0.3) is 5.70 Å². The van der Waals surface area contributed by atoms with Crippen molar-refractivity contribution in [3.8, 4) is 11.8 Å². The van der Waals surface area contributed by atoms with Crippen LogP contribution < -0.4 is 5.32 Å². The first-order valence-electron chi connectivity index (χ1n) is 6.57. The van der Waals surface area contributed by atoms with Gasteiger partial charge >= 0.3 is 0 Å². The number of hydrogen-bond acceptors (Lipinski definition) is 1. The van der Waals surface area contributed by atoms with Crippen molar-refractivity contribution >= 4 is 17.3 Å². The van der Waals surface area contributed by atoms with Crippen molar-refractivity contribution in [1.82, 2.24) is 5.32 Å². The van der Waals surface area contributed by atoms with Crippen LogP contribution >= 0.6 is 11.6 Å². The van der Waals surface area contributed by atoms with Crippen molar-refractivity contribution in [2.75, 3.05) is 6.54 Å². The zero-order valence-corrected chi connectivity index (χ0v) is 11.8. The summed E-state index contributed by atoms with van der Waals surface area (Å²) in [6, 6.07) is 13.9. The lowest BCUT2D eigenvalue weighted by Gasteiger charge is -2.20. The molecule has 0 saturated carbocycles. The number of benzene rings is 2. The first-order chi connectivity index (χ1) is 9.74. The molecule has 0 unspecified atom stereocenters. The third-order valence-electron chi connectivity index (χ3n) is 3.38. The Morgan fingerprint density at radius 3 is 2.80 bits per heavy atom. The monoisotopic (exact) mass is 279 g/mol. The molecule has 0 saturated heterocycles. The summed E-state index contributed by atoms with van der Waals surface area (Å²) in [6.07, 6.45) is 1.01. The third kappa shape index (κ3) is 2.57. The Bertz CT molecular complexity index is 735. The van der Waals surface area contributed by atoms with Crippen molar-refractivity contribution < 1.29 is 0 Å². The third-order valence-corrected chi connectivity index (χ3v) is 3.71. The van der Waals surface area contributed by atoms with Gasteiger partial charge in [0.2, 0.25) is 0 Å². The van der Waals surface area contributed by atoms with Gasteiger partial charge < -0.3 is 5.32 Å². The normalized spacial score (nSPS) is 12.9. The summed E-state index contributed by atoms with van der Waals surface area (Å²) in [5.74, 6) is 6.31. The van der Waals surface area contributed by atoms with Gasteiger partial charge in [0.15, 0.2) is 0 Å². The Labute approximate surface area is 124 Å². The number of fused-ring (bicyclic) bond motifs is 1. The molecule has 1 heterocycles. The van der Waals surface area contributed by atoms with E-state index >= 15 is 0 Å². The van der Waals surface area contributed by atoms with Crippen LogP contribution in [0, 0.1) is 11.8 Å². The van der Waals surface area contributed by atoms with Gasteiger partial charge in [0, 0.05) is 28.9 Å². The quantitative estimate of drug-likeness (QED) is 0.722. The van der Waals surface area contributed by atoms with E-state index < -0.39 is 0 Å². The number of hydrogen-bond donors (Lipinski definition) is 1. The molecular weight excluding hydrogens is 266 g/mol. The maximum Gasteiger partial charge on any atom is 0.0562 e. The van der Waals surface area contributed by atoms with Crippen LogP contribution in [0.4, 0.5) is 0 Å². The van der Waals surface area contributed by atoms with Crippen molar-refractivity contribution in [2.24, 2.45) is 0 Å². The molecule has 3 rings (SSSR count). The van der Waals surface area contributed by atoms with Crippen molar-refractivity contribution in [1.29, 1.82) is 0 Å². The van der Waals surface area contributed by atoms with Crippen molar-refractivity contribution in [3.63, 3.8) is 0 Å². The minimum atomic E-state index is 0.690. The lowest BCUT2D eigenvalue weighted by molar-refractivity contribution is 0.815. The Morgan fingerprint density at radius 2 is 1.95 bits per heavy atom. The van der Waals surface area contributed by atoms with Crippen LogP contribution in [0.2, 0.25) is 5.02 Å². The molecule has 0 aliphatic carbocycles. The van der Waals surface area contributed by atoms with Crippen LogP contribution in [-0.2, 0) is 6.42 Å². The molecule has 1 N–H and O–H groups in total. The molecule has 0 atom stereocenters. The fourth-order valence-electron chi connectivity index (χ4n) is 2.32. The minimum Gasteiger partial charge on any atom is -0.385 e. The fraction of sp³-hybridized carbons (Fsp3) is 0.111. The van der Waals surface area contributed by atoms with E-state index in [9.17, 15) is 0 Å². The zero-order chi connectivity index (χ0) is 13.9. The van der Waals surface area contributed by atoms with Crippen LogP contribution in [0.5, 0.6) is 0 Å². The summed E-state index contributed by atoms with van der Waals surface area (Å²) in [4.78, 5) is 0. The van der Waals surface area contributed by atoms with Gasteiger partial charge in [0.25, 0.3) is 0 Å². The van der Waals surface area contributed by atoms with Gasteiger partial charge in [-0.1, -0.05) is 48.2 Å². The number of nitrogens with one attached hydrogen (secondary N) is 1. The van der Waals surface area contributed by atoms with Gasteiger partial charge in [0.1, 0.15) is 0 Å². The van der Waals surface area contributed by atoms with E-state index in [-0.39, 0.29) is 0 Å². The molecule has 1 nitrogen and oxygen atoms in total. The Balaban J connectivity index is 1.94. The second kappa shape index (κ2) is 5.45. The second-order valence-corrected chi connectivity index (χ2v) is 5.16. The molecular formula is C18H14ClN. The summed E-state index contributed by atoms with van der Waals surface area (Å²) in [6.45, 7) is 4.96. The smallest absolute Gasteiger partial charge is 0.0562 e. The highest BCUT2D eigenvalue weighted by Crippen LogP contribution is 2.21. The molecule has 2 aromatic rings. The van der Waals surface area contributed by atoms with Gasteiger partial charge in [-0.15, -0.1) is 0 Å². The van der Waals surface area contributed by atoms with Crippen LogP contribution in [0.3, 0.4) is 0 Å². The van der Waals surface area contributed by atoms with E-state index in [4.69, 9.17) is 11.6 Å². The number of halogens is 1. The summed E-state index contributed by atoms with van der Waals surface area (Å²) in [5.41, 5.74) is 5.37. The van der Waals surface area contributed by atoms with Crippen molar-refractivity contribution in [2.45, 2.75) is 6.42 Å². The van der Waals surface area contributed by atoms with E-state index in [1.54, 1.807) is 0 Å². The van der Waals surface area contributed by atoms with E-state index in [1.165, 1.54) is 11.1 Å². The fourth-order valence-corrected chi connectivity index (χ4v) is 2.50.